The zero-order chi connectivity index (χ0) is 15.2. The van der Waals surface area contributed by atoms with Crippen LogP contribution in [-0.4, -0.2) is 42.0 Å². The van der Waals surface area contributed by atoms with Gasteiger partial charge >= 0.3 is 0 Å². The molecule has 0 aliphatic heterocycles. The van der Waals surface area contributed by atoms with Gasteiger partial charge in [-0.25, -0.2) is 0 Å². The number of alkyl halides is 1. The first-order chi connectivity index (χ1) is 9.38. The maximum absolute atomic E-state index is 10.1. The minimum atomic E-state index is -0.401. The van der Waals surface area contributed by atoms with E-state index in [1.165, 1.54) is 0 Å². The fourth-order valence-electron chi connectivity index (χ4n) is 3.18. The first-order valence-electron chi connectivity index (χ1n) is 7.81. The van der Waals surface area contributed by atoms with Crippen LogP contribution in [0.3, 0.4) is 0 Å². The molecule has 1 saturated carbocycles. The SMILES string of the molecule is CC(C)(C)C1CC(COCCCO)CC(C(O)CCl)C1. The van der Waals surface area contributed by atoms with E-state index in [0.717, 1.165) is 25.9 Å². The third-order valence-corrected chi connectivity index (χ3v) is 4.88. The molecular weight excluding hydrogens is 276 g/mol. The highest BCUT2D eigenvalue weighted by atomic mass is 35.5. The van der Waals surface area contributed by atoms with Gasteiger partial charge in [-0.05, 0) is 48.9 Å². The molecule has 1 fully saturated rings. The van der Waals surface area contributed by atoms with Crippen LogP contribution in [0.15, 0.2) is 0 Å². The molecule has 0 aromatic heterocycles. The summed E-state index contributed by atoms with van der Waals surface area (Å²) in [6.07, 6.45) is 3.52. The van der Waals surface area contributed by atoms with E-state index in [2.05, 4.69) is 20.8 Å². The monoisotopic (exact) mass is 306 g/mol. The molecule has 120 valence electrons. The number of rotatable bonds is 7. The maximum Gasteiger partial charge on any atom is 0.0703 e. The Bertz CT molecular complexity index is 265. The lowest BCUT2D eigenvalue weighted by Gasteiger charge is -2.42. The van der Waals surface area contributed by atoms with E-state index in [-0.39, 0.29) is 17.9 Å². The second kappa shape index (κ2) is 8.57. The van der Waals surface area contributed by atoms with E-state index in [4.69, 9.17) is 21.4 Å². The number of halogens is 1. The largest absolute Gasteiger partial charge is 0.396 e. The quantitative estimate of drug-likeness (QED) is 0.561. The van der Waals surface area contributed by atoms with E-state index >= 15 is 0 Å². The fourth-order valence-corrected chi connectivity index (χ4v) is 3.44. The zero-order valence-corrected chi connectivity index (χ0v) is 13.9. The Morgan fingerprint density at radius 2 is 1.95 bits per heavy atom. The summed E-state index contributed by atoms with van der Waals surface area (Å²) in [6, 6.07) is 0. The maximum atomic E-state index is 10.1. The van der Waals surface area contributed by atoms with Crippen molar-refractivity contribution < 1.29 is 14.9 Å². The molecule has 4 heteroatoms. The van der Waals surface area contributed by atoms with Gasteiger partial charge < -0.3 is 14.9 Å². The molecule has 1 aliphatic carbocycles. The van der Waals surface area contributed by atoms with Crippen LogP contribution in [0, 0.1) is 23.2 Å². The first-order valence-corrected chi connectivity index (χ1v) is 8.34. The first kappa shape index (κ1) is 18.2. The summed E-state index contributed by atoms with van der Waals surface area (Å²) in [5.74, 6) is 1.71. The highest BCUT2D eigenvalue weighted by molar-refractivity contribution is 6.18. The molecule has 1 aliphatic rings. The van der Waals surface area contributed by atoms with Gasteiger partial charge in [-0.3, -0.25) is 0 Å². The van der Waals surface area contributed by atoms with Crippen LogP contribution >= 0.6 is 11.6 Å². The van der Waals surface area contributed by atoms with Gasteiger partial charge in [0.2, 0.25) is 0 Å². The van der Waals surface area contributed by atoms with E-state index in [9.17, 15) is 5.11 Å². The van der Waals surface area contributed by atoms with Gasteiger partial charge in [-0.2, -0.15) is 0 Å². The van der Waals surface area contributed by atoms with Crippen molar-refractivity contribution in [3.05, 3.63) is 0 Å². The normalized spacial score (nSPS) is 29.4. The highest BCUT2D eigenvalue weighted by Gasteiger charge is 2.37. The average molecular weight is 307 g/mol. The predicted octanol–water partition coefficient (Wildman–Crippen LogP) is 3.06. The molecular formula is C16H31ClO3. The van der Waals surface area contributed by atoms with Crippen LogP contribution < -0.4 is 0 Å². The zero-order valence-electron chi connectivity index (χ0n) is 13.1. The van der Waals surface area contributed by atoms with Crippen molar-refractivity contribution in [3.8, 4) is 0 Å². The van der Waals surface area contributed by atoms with E-state index in [0.29, 0.717) is 30.7 Å². The highest BCUT2D eigenvalue weighted by Crippen LogP contribution is 2.44. The van der Waals surface area contributed by atoms with Crippen LogP contribution in [-0.2, 0) is 4.74 Å². The van der Waals surface area contributed by atoms with Crippen molar-refractivity contribution in [2.24, 2.45) is 23.2 Å². The molecule has 4 unspecified atom stereocenters. The molecule has 20 heavy (non-hydrogen) atoms. The van der Waals surface area contributed by atoms with Gasteiger partial charge in [0.15, 0.2) is 0 Å². The van der Waals surface area contributed by atoms with Crippen molar-refractivity contribution in [2.75, 3.05) is 25.7 Å². The smallest absolute Gasteiger partial charge is 0.0703 e. The van der Waals surface area contributed by atoms with Gasteiger partial charge in [-0.15, -0.1) is 11.6 Å². The molecule has 0 radical (unpaired) electrons. The lowest BCUT2D eigenvalue weighted by atomic mass is 9.65. The summed E-state index contributed by atoms with van der Waals surface area (Å²) in [5.41, 5.74) is 0.258. The molecule has 4 atom stereocenters. The Labute approximate surface area is 128 Å². The van der Waals surface area contributed by atoms with Crippen molar-refractivity contribution in [3.63, 3.8) is 0 Å². The molecule has 0 bridgehead atoms. The van der Waals surface area contributed by atoms with Crippen LogP contribution in [0.4, 0.5) is 0 Å². The third kappa shape index (κ3) is 5.88. The summed E-state index contributed by atoms with van der Waals surface area (Å²) < 4.78 is 5.66. The average Bonchev–Trinajstić information content (AvgIpc) is 2.41. The molecule has 0 aromatic rings. The minimum absolute atomic E-state index is 0.183. The number of hydrogen-bond acceptors (Lipinski definition) is 3. The number of ether oxygens (including phenoxy) is 1. The Balaban J connectivity index is 2.55. The van der Waals surface area contributed by atoms with E-state index in [1.54, 1.807) is 0 Å². The molecule has 3 nitrogen and oxygen atoms in total. The van der Waals surface area contributed by atoms with E-state index in [1.807, 2.05) is 0 Å². The van der Waals surface area contributed by atoms with Crippen molar-refractivity contribution in [1.29, 1.82) is 0 Å². The Kier molecular flexibility index (Phi) is 7.81. The Morgan fingerprint density at radius 1 is 1.25 bits per heavy atom. The van der Waals surface area contributed by atoms with Crippen LogP contribution in [0.2, 0.25) is 0 Å². The second-order valence-corrected chi connectivity index (χ2v) is 7.58. The minimum Gasteiger partial charge on any atom is -0.396 e. The Hall–Kier alpha value is 0.170. The lowest BCUT2D eigenvalue weighted by molar-refractivity contribution is -0.00274. The molecule has 1 rings (SSSR count). The topological polar surface area (TPSA) is 49.7 Å². The number of aliphatic hydroxyl groups is 2. The third-order valence-electron chi connectivity index (χ3n) is 4.57. The molecule has 0 aromatic carbocycles. The molecule has 2 N–H and O–H groups in total. The van der Waals surface area contributed by atoms with Crippen molar-refractivity contribution >= 4 is 11.6 Å². The molecule has 0 heterocycles. The lowest BCUT2D eigenvalue weighted by Crippen LogP contribution is -2.38. The van der Waals surface area contributed by atoms with Gasteiger partial charge in [0, 0.05) is 25.7 Å². The summed E-state index contributed by atoms with van der Waals surface area (Å²) in [5, 5.41) is 18.9. The van der Waals surface area contributed by atoms with Crippen LogP contribution in [0.25, 0.3) is 0 Å². The summed E-state index contributed by atoms with van der Waals surface area (Å²) in [4.78, 5) is 0. The standard InChI is InChI=1S/C16H31ClO3/c1-16(2,3)14-8-12(11-20-6-4-5-18)7-13(9-14)15(19)10-17/h12-15,18-19H,4-11H2,1-3H3. The van der Waals surface area contributed by atoms with Crippen molar-refractivity contribution in [2.45, 2.75) is 52.6 Å². The molecule has 0 amide bonds. The van der Waals surface area contributed by atoms with Crippen LogP contribution in [0.1, 0.15) is 46.5 Å². The Morgan fingerprint density at radius 3 is 2.50 bits per heavy atom. The molecule has 0 spiro atoms. The van der Waals surface area contributed by atoms with Gasteiger partial charge in [0.05, 0.1) is 6.10 Å². The predicted molar refractivity (Wildman–Crippen MR) is 83.0 cm³/mol. The van der Waals surface area contributed by atoms with Gasteiger partial charge in [0.1, 0.15) is 0 Å². The van der Waals surface area contributed by atoms with Crippen LogP contribution in [0.5, 0.6) is 0 Å². The second-order valence-electron chi connectivity index (χ2n) is 7.27. The fraction of sp³-hybridized carbons (Fsp3) is 1.00. The van der Waals surface area contributed by atoms with Gasteiger partial charge in [-0.1, -0.05) is 20.8 Å². The number of aliphatic hydroxyl groups excluding tert-OH is 2. The summed E-state index contributed by atoms with van der Waals surface area (Å²) >= 11 is 5.83. The molecule has 0 saturated heterocycles. The van der Waals surface area contributed by atoms with E-state index < -0.39 is 6.10 Å². The number of hydrogen-bond donors (Lipinski definition) is 2. The summed E-state index contributed by atoms with van der Waals surface area (Å²) in [6.45, 7) is 8.36. The van der Waals surface area contributed by atoms with Gasteiger partial charge in [0.25, 0.3) is 0 Å². The summed E-state index contributed by atoms with van der Waals surface area (Å²) in [7, 11) is 0. The van der Waals surface area contributed by atoms with Crippen molar-refractivity contribution in [1.82, 2.24) is 0 Å².